The number of hydrogen-bond acceptors (Lipinski definition) is 4. The highest BCUT2D eigenvalue weighted by atomic mass is 32.2. The van der Waals surface area contributed by atoms with Crippen molar-refractivity contribution in [2.24, 2.45) is 5.92 Å². The second kappa shape index (κ2) is 9.32. The third-order valence-electron chi connectivity index (χ3n) is 5.01. The van der Waals surface area contributed by atoms with E-state index in [1.54, 1.807) is 18.5 Å². The van der Waals surface area contributed by atoms with Crippen LogP contribution in [-0.2, 0) is 16.6 Å². The number of alkyl halides is 1. The summed E-state index contributed by atoms with van der Waals surface area (Å²) in [7, 11) is -3.71. The van der Waals surface area contributed by atoms with Crippen molar-refractivity contribution < 1.29 is 17.6 Å². The molecule has 29 heavy (non-hydrogen) atoms. The maximum absolute atomic E-state index is 13.4. The highest BCUT2D eigenvalue weighted by Gasteiger charge is 2.30. The number of carbonyl (C=O) groups is 1. The number of aromatic nitrogens is 1. The number of amides is 2. The number of nitrogens with one attached hydrogen (secondary N) is 3. The summed E-state index contributed by atoms with van der Waals surface area (Å²) >= 11 is 0. The van der Waals surface area contributed by atoms with E-state index in [-0.39, 0.29) is 16.9 Å². The third kappa shape index (κ3) is 5.98. The van der Waals surface area contributed by atoms with E-state index in [0.29, 0.717) is 31.5 Å². The molecule has 1 saturated carbocycles. The number of sulfonamides is 1. The van der Waals surface area contributed by atoms with Crippen LogP contribution in [0.3, 0.4) is 0 Å². The molecule has 156 valence electrons. The molecule has 1 aromatic heterocycles. The van der Waals surface area contributed by atoms with Gasteiger partial charge in [0, 0.05) is 30.7 Å². The van der Waals surface area contributed by atoms with E-state index >= 15 is 0 Å². The largest absolute Gasteiger partial charge is 0.334 e. The van der Waals surface area contributed by atoms with Crippen LogP contribution in [0.25, 0.3) is 0 Å². The lowest BCUT2D eigenvalue weighted by Gasteiger charge is -2.31. The van der Waals surface area contributed by atoms with Crippen molar-refractivity contribution >= 4 is 21.7 Å². The number of halogens is 1. The Balaban J connectivity index is 1.55. The molecule has 2 amide bonds. The molecule has 0 bridgehead atoms. The van der Waals surface area contributed by atoms with E-state index in [0.717, 1.165) is 5.56 Å². The van der Waals surface area contributed by atoms with Crippen LogP contribution in [-0.4, -0.2) is 31.6 Å². The lowest BCUT2D eigenvalue weighted by molar-refractivity contribution is 0.180. The second-order valence-electron chi connectivity index (χ2n) is 7.31. The first-order chi connectivity index (χ1) is 13.8. The zero-order chi connectivity index (χ0) is 20.9. The number of pyridine rings is 1. The van der Waals surface area contributed by atoms with Crippen molar-refractivity contribution in [1.82, 2.24) is 15.0 Å². The molecule has 9 heteroatoms. The van der Waals surface area contributed by atoms with E-state index in [2.05, 4.69) is 20.3 Å². The quantitative estimate of drug-likeness (QED) is 0.668. The molecule has 3 atom stereocenters. The average Bonchev–Trinajstić information content (AvgIpc) is 2.70. The molecular weight excluding hydrogens is 395 g/mol. The topological polar surface area (TPSA) is 100 Å². The van der Waals surface area contributed by atoms with E-state index in [9.17, 15) is 17.6 Å². The molecule has 1 heterocycles. The summed E-state index contributed by atoms with van der Waals surface area (Å²) in [6, 6.07) is 8.88. The fraction of sp³-hybridized carbons (Fsp3) is 0.400. The Hall–Kier alpha value is -2.52. The van der Waals surface area contributed by atoms with Gasteiger partial charge in [0.1, 0.15) is 6.17 Å². The first-order valence-electron chi connectivity index (χ1n) is 9.54. The molecule has 0 spiro atoms. The van der Waals surface area contributed by atoms with Gasteiger partial charge < -0.3 is 10.6 Å². The predicted octanol–water partition coefficient (Wildman–Crippen LogP) is 3.21. The minimum atomic E-state index is -3.71. The molecule has 1 aliphatic rings. The Morgan fingerprint density at radius 1 is 1.21 bits per heavy atom. The molecule has 3 N–H and O–H groups in total. The summed E-state index contributed by atoms with van der Waals surface area (Å²) in [5, 5.41) is 5.36. The monoisotopic (exact) mass is 420 g/mol. The van der Waals surface area contributed by atoms with Crippen molar-refractivity contribution in [1.29, 1.82) is 0 Å². The third-order valence-corrected chi connectivity index (χ3v) is 6.52. The highest BCUT2D eigenvalue weighted by molar-refractivity contribution is 7.89. The minimum absolute atomic E-state index is 0.0574. The summed E-state index contributed by atoms with van der Waals surface area (Å²) in [5.41, 5.74) is 1.34. The lowest BCUT2D eigenvalue weighted by atomic mass is 9.85. The smallest absolute Gasteiger partial charge is 0.319 e. The fourth-order valence-electron chi connectivity index (χ4n) is 3.35. The molecule has 2 aromatic rings. The number of urea groups is 1. The van der Waals surface area contributed by atoms with Crippen LogP contribution in [0.1, 0.15) is 31.7 Å². The zero-order valence-electron chi connectivity index (χ0n) is 16.1. The molecule has 1 aliphatic carbocycles. The fourth-order valence-corrected chi connectivity index (χ4v) is 4.73. The Bertz CT molecular complexity index is 923. The van der Waals surface area contributed by atoms with Crippen molar-refractivity contribution in [3.05, 3.63) is 54.4 Å². The summed E-state index contributed by atoms with van der Waals surface area (Å²) in [4.78, 5) is 16.1. The van der Waals surface area contributed by atoms with E-state index in [4.69, 9.17) is 0 Å². The van der Waals surface area contributed by atoms with E-state index < -0.39 is 22.2 Å². The van der Waals surface area contributed by atoms with Crippen LogP contribution in [0.2, 0.25) is 0 Å². The van der Waals surface area contributed by atoms with Crippen LogP contribution in [0.15, 0.2) is 53.7 Å². The van der Waals surface area contributed by atoms with Crippen LogP contribution >= 0.6 is 0 Å². The molecule has 3 rings (SSSR count). The SMILES string of the molecule is CC1CC(F)CCC1NS(=O)(=O)c1ccc(NC(=O)NCc2cccnc2)cc1. The predicted molar refractivity (Wildman–Crippen MR) is 109 cm³/mol. The number of carbonyl (C=O) groups excluding carboxylic acids is 1. The summed E-state index contributed by atoms with van der Waals surface area (Å²) < 4.78 is 41.3. The standard InChI is InChI=1S/C20H25FN4O3S/c1-14-11-16(21)4-9-19(14)25-29(27,28)18-7-5-17(6-8-18)24-20(26)23-13-15-3-2-10-22-12-15/h2-3,5-8,10,12,14,16,19,25H,4,9,11,13H2,1H3,(H2,23,24,26). The van der Waals surface area contributed by atoms with Gasteiger partial charge in [0.2, 0.25) is 10.0 Å². The minimum Gasteiger partial charge on any atom is -0.334 e. The molecule has 3 unspecified atom stereocenters. The van der Waals surface area contributed by atoms with Gasteiger partial charge in [-0.1, -0.05) is 13.0 Å². The Morgan fingerprint density at radius 2 is 1.97 bits per heavy atom. The van der Waals surface area contributed by atoms with E-state index in [1.165, 1.54) is 24.3 Å². The normalized spacial score (nSPS) is 22.1. The van der Waals surface area contributed by atoms with Gasteiger partial charge in [0.05, 0.1) is 4.90 Å². The van der Waals surface area contributed by atoms with Gasteiger partial charge >= 0.3 is 6.03 Å². The molecule has 1 aromatic carbocycles. The summed E-state index contributed by atoms with van der Waals surface area (Å²) in [5.74, 6) is -0.0574. The van der Waals surface area contributed by atoms with Gasteiger partial charge in [0.15, 0.2) is 0 Å². The van der Waals surface area contributed by atoms with Crippen LogP contribution in [0, 0.1) is 5.92 Å². The first kappa shape index (κ1) is 21.2. The number of anilines is 1. The molecule has 7 nitrogen and oxygen atoms in total. The second-order valence-corrected chi connectivity index (χ2v) is 9.02. The molecule has 1 fully saturated rings. The van der Waals surface area contributed by atoms with Crippen molar-refractivity contribution in [2.75, 3.05) is 5.32 Å². The number of rotatable bonds is 6. The van der Waals surface area contributed by atoms with Gasteiger partial charge in [-0.15, -0.1) is 0 Å². The Labute approximate surface area is 170 Å². The van der Waals surface area contributed by atoms with Crippen molar-refractivity contribution in [3.63, 3.8) is 0 Å². The Morgan fingerprint density at radius 3 is 2.62 bits per heavy atom. The summed E-state index contributed by atoms with van der Waals surface area (Å²) in [6.07, 6.45) is 3.67. The van der Waals surface area contributed by atoms with Crippen LogP contribution in [0.5, 0.6) is 0 Å². The van der Waals surface area contributed by atoms with Gasteiger partial charge in [-0.25, -0.2) is 22.3 Å². The molecule has 0 saturated heterocycles. The summed E-state index contributed by atoms with van der Waals surface area (Å²) in [6.45, 7) is 2.19. The molecular formula is C20H25FN4O3S. The number of hydrogen-bond donors (Lipinski definition) is 3. The van der Waals surface area contributed by atoms with Gasteiger partial charge in [-0.2, -0.15) is 0 Å². The molecule has 0 radical (unpaired) electrons. The number of benzene rings is 1. The number of nitrogens with zero attached hydrogens (tertiary/aromatic N) is 1. The van der Waals surface area contributed by atoms with E-state index in [1.807, 2.05) is 13.0 Å². The lowest BCUT2D eigenvalue weighted by Crippen LogP contribution is -2.43. The maximum atomic E-state index is 13.4. The van der Waals surface area contributed by atoms with Crippen molar-refractivity contribution in [3.8, 4) is 0 Å². The highest BCUT2D eigenvalue weighted by Crippen LogP contribution is 2.27. The Kier molecular flexibility index (Phi) is 6.81. The maximum Gasteiger partial charge on any atom is 0.319 e. The van der Waals surface area contributed by atoms with Crippen LogP contribution in [0.4, 0.5) is 14.9 Å². The average molecular weight is 421 g/mol. The van der Waals surface area contributed by atoms with Gasteiger partial charge in [-0.05, 0) is 61.1 Å². The zero-order valence-corrected chi connectivity index (χ0v) is 17.0. The first-order valence-corrected chi connectivity index (χ1v) is 11.0. The molecule has 0 aliphatic heterocycles. The van der Waals surface area contributed by atoms with Crippen LogP contribution < -0.4 is 15.4 Å². The van der Waals surface area contributed by atoms with Crippen molar-refractivity contribution in [2.45, 2.75) is 49.8 Å². The van der Waals surface area contributed by atoms with Gasteiger partial charge in [0.25, 0.3) is 0 Å². The van der Waals surface area contributed by atoms with Gasteiger partial charge in [-0.3, -0.25) is 4.98 Å².